The second-order valence-corrected chi connectivity index (χ2v) is 6.52. The Balaban J connectivity index is 1.75. The fourth-order valence-electron chi connectivity index (χ4n) is 2.18. The van der Waals surface area contributed by atoms with Gasteiger partial charge in [0.2, 0.25) is 5.91 Å². The maximum absolute atomic E-state index is 11.8. The van der Waals surface area contributed by atoms with Gasteiger partial charge in [0.15, 0.2) is 9.84 Å². The SMILES string of the molecule is O=C(CNC1C=CS(=O)(=O)C1)N1CCCCC1. The van der Waals surface area contributed by atoms with Crippen molar-refractivity contribution in [3.63, 3.8) is 0 Å². The summed E-state index contributed by atoms with van der Waals surface area (Å²) in [4.78, 5) is 13.7. The van der Waals surface area contributed by atoms with Gasteiger partial charge in [-0.2, -0.15) is 0 Å². The first-order valence-corrected chi connectivity index (χ1v) is 7.70. The van der Waals surface area contributed by atoms with Crippen molar-refractivity contribution in [2.24, 2.45) is 0 Å². The van der Waals surface area contributed by atoms with Gasteiger partial charge in [0.1, 0.15) is 0 Å². The monoisotopic (exact) mass is 258 g/mol. The van der Waals surface area contributed by atoms with Crippen LogP contribution in [-0.2, 0) is 14.6 Å². The number of sulfone groups is 1. The molecule has 0 aromatic carbocycles. The van der Waals surface area contributed by atoms with Gasteiger partial charge in [-0.05, 0) is 19.3 Å². The van der Waals surface area contributed by atoms with E-state index in [1.165, 1.54) is 11.8 Å². The Kier molecular flexibility index (Phi) is 3.83. The number of piperidine rings is 1. The summed E-state index contributed by atoms with van der Waals surface area (Å²) in [7, 11) is -3.04. The van der Waals surface area contributed by atoms with E-state index in [9.17, 15) is 13.2 Å². The Bertz CT molecular complexity index is 410. The lowest BCUT2D eigenvalue weighted by molar-refractivity contribution is -0.131. The minimum atomic E-state index is -3.04. The van der Waals surface area contributed by atoms with Crippen LogP contribution in [0.25, 0.3) is 0 Å². The van der Waals surface area contributed by atoms with Gasteiger partial charge in [-0.3, -0.25) is 4.79 Å². The molecular formula is C11H18N2O3S. The van der Waals surface area contributed by atoms with E-state index in [0.29, 0.717) is 0 Å². The number of nitrogens with zero attached hydrogens (tertiary/aromatic N) is 1. The standard InChI is InChI=1S/C11H18N2O3S/c14-11(13-5-2-1-3-6-13)8-12-10-4-7-17(15,16)9-10/h4,7,10,12H,1-3,5-6,8-9H2. The minimum absolute atomic E-state index is 0.0697. The summed E-state index contributed by atoms with van der Waals surface area (Å²) in [6, 6.07) is -0.214. The first-order valence-electron chi connectivity index (χ1n) is 5.99. The van der Waals surface area contributed by atoms with Gasteiger partial charge in [-0.15, -0.1) is 0 Å². The molecule has 6 heteroatoms. The molecule has 0 aliphatic carbocycles. The molecular weight excluding hydrogens is 240 g/mol. The fourth-order valence-corrected chi connectivity index (χ4v) is 3.45. The Hall–Kier alpha value is -0.880. The van der Waals surface area contributed by atoms with Crippen LogP contribution in [0.1, 0.15) is 19.3 Å². The van der Waals surface area contributed by atoms with Gasteiger partial charge in [0.25, 0.3) is 0 Å². The normalized spacial score (nSPS) is 27.3. The third kappa shape index (κ3) is 3.54. The summed E-state index contributed by atoms with van der Waals surface area (Å²) in [5.41, 5.74) is 0. The summed E-state index contributed by atoms with van der Waals surface area (Å²) in [6.07, 6.45) is 4.95. The molecule has 17 heavy (non-hydrogen) atoms. The van der Waals surface area contributed by atoms with E-state index in [-0.39, 0.29) is 24.2 Å². The summed E-state index contributed by atoms with van der Waals surface area (Å²) < 4.78 is 22.3. The second-order valence-electron chi connectivity index (χ2n) is 4.59. The van der Waals surface area contributed by atoms with Crippen molar-refractivity contribution >= 4 is 15.7 Å². The van der Waals surface area contributed by atoms with Crippen molar-refractivity contribution in [1.29, 1.82) is 0 Å². The Morgan fingerprint density at radius 3 is 2.59 bits per heavy atom. The molecule has 1 N–H and O–H groups in total. The highest BCUT2D eigenvalue weighted by Crippen LogP contribution is 2.10. The van der Waals surface area contributed by atoms with Crippen LogP contribution in [0.2, 0.25) is 0 Å². The highest BCUT2D eigenvalue weighted by Gasteiger charge is 2.23. The van der Waals surface area contributed by atoms with E-state index in [4.69, 9.17) is 0 Å². The average Bonchev–Trinajstić information content (AvgIpc) is 2.67. The minimum Gasteiger partial charge on any atom is -0.342 e. The number of hydrogen-bond donors (Lipinski definition) is 1. The van der Waals surface area contributed by atoms with Gasteiger partial charge >= 0.3 is 0 Å². The predicted molar refractivity (Wildman–Crippen MR) is 65.1 cm³/mol. The summed E-state index contributed by atoms with van der Waals surface area (Å²) in [6.45, 7) is 1.89. The molecule has 1 saturated heterocycles. The topological polar surface area (TPSA) is 66.5 Å². The number of rotatable bonds is 3. The first kappa shape index (κ1) is 12.6. The van der Waals surface area contributed by atoms with Crippen LogP contribution in [0.15, 0.2) is 11.5 Å². The summed E-state index contributed by atoms with van der Waals surface area (Å²) in [5.74, 6) is 0.141. The van der Waals surface area contributed by atoms with Crippen molar-refractivity contribution in [1.82, 2.24) is 10.2 Å². The highest BCUT2D eigenvalue weighted by molar-refractivity contribution is 7.94. The number of nitrogens with one attached hydrogen (secondary N) is 1. The smallest absolute Gasteiger partial charge is 0.236 e. The van der Waals surface area contributed by atoms with E-state index in [1.54, 1.807) is 6.08 Å². The summed E-state index contributed by atoms with van der Waals surface area (Å²) >= 11 is 0. The lowest BCUT2D eigenvalue weighted by atomic mass is 10.1. The molecule has 2 aliphatic rings. The van der Waals surface area contributed by atoms with Gasteiger partial charge in [-0.1, -0.05) is 6.08 Å². The molecule has 1 amide bonds. The van der Waals surface area contributed by atoms with Crippen LogP contribution in [0, 0.1) is 0 Å². The molecule has 1 fully saturated rings. The molecule has 0 spiro atoms. The van der Waals surface area contributed by atoms with Crippen molar-refractivity contribution < 1.29 is 13.2 Å². The zero-order valence-corrected chi connectivity index (χ0v) is 10.6. The molecule has 1 unspecified atom stereocenters. The van der Waals surface area contributed by atoms with Gasteiger partial charge < -0.3 is 10.2 Å². The van der Waals surface area contributed by atoms with Gasteiger partial charge in [-0.25, -0.2) is 8.42 Å². The van der Waals surface area contributed by atoms with E-state index < -0.39 is 9.84 Å². The van der Waals surface area contributed by atoms with E-state index in [1.807, 2.05) is 4.90 Å². The van der Waals surface area contributed by atoms with Crippen molar-refractivity contribution in [3.8, 4) is 0 Å². The van der Waals surface area contributed by atoms with Crippen molar-refractivity contribution in [3.05, 3.63) is 11.5 Å². The largest absolute Gasteiger partial charge is 0.342 e. The van der Waals surface area contributed by atoms with E-state index in [0.717, 1.165) is 25.9 Å². The molecule has 0 bridgehead atoms. The maximum Gasteiger partial charge on any atom is 0.236 e. The lowest BCUT2D eigenvalue weighted by Gasteiger charge is -2.27. The van der Waals surface area contributed by atoms with Crippen LogP contribution < -0.4 is 5.32 Å². The number of hydrogen-bond acceptors (Lipinski definition) is 4. The molecule has 0 radical (unpaired) electrons. The van der Waals surface area contributed by atoms with Gasteiger partial charge in [0, 0.05) is 24.5 Å². The average molecular weight is 258 g/mol. The predicted octanol–water partition coefficient (Wildman–Crippen LogP) is -0.101. The first-order chi connectivity index (χ1) is 8.07. The lowest BCUT2D eigenvalue weighted by Crippen LogP contribution is -2.43. The molecule has 0 aromatic rings. The van der Waals surface area contributed by atoms with Gasteiger partial charge in [0.05, 0.1) is 12.3 Å². The number of likely N-dealkylation sites (tertiary alicyclic amines) is 1. The molecule has 2 rings (SSSR count). The molecule has 1 atom stereocenters. The molecule has 0 aromatic heterocycles. The van der Waals surface area contributed by atoms with Crippen LogP contribution in [0.5, 0.6) is 0 Å². The van der Waals surface area contributed by atoms with Crippen LogP contribution >= 0.6 is 0 Å². The van der Waals surface area contributed by atoms with E-state index >= 15 is 0 Å². The van der Waals surface area contributed by atoms with Crippen LogP contribution in [0.4, 0.5) is 0 Å². The zero-order chi connectivity index (χ0) is 12.3. The third-order valence-electron chi connectivity index (χ3n) is 3.15. The molecule has 2 aliphatic heterocycles. The number of carbonyl (C=O) groups excluding carboxylic acids is 1. The quantitative estimate of drug-likeness (QED) is 0.767. The van der Waals surface area contributed by atoms with Crippen LogP contribution in [0.3, 0.4) is 0 Å². The van der Waals surface area contributed by atoms with Crippen molar-refractivity contribution in [2.75, 3.05) is 25.4 Å². The maximum atomic E-state index is 11.8. The second kappa shape index (κ2) is 5.18. The summed E-state index contributed by atoms with van der Waals surface area (Å²) in [5, 5.41) is 4.20. The molecule has 5 nitrogen and oxygen atoms in total. The number of amides is 1. The Labute approximate surface area is 102 Å². The van der Waals surface area contributed by atoms with Crippen molar-refractivity contribution in [2.45, 2.75) is 25.3 Å². The molecule has 96 valence electrons. The number of carbonyl (C=O) groups is 1. The third-order valence-corrected chi connectivity index (χ3v) is 4.55. The molecule has 0 saturated carbocycles. The molecule has 2 heterocycles. The highest BCUT2D eigenvalue weighted by atomic mass is 32.2. The zero-order valence-electron chi connectivity index (χ0n) is 9.76. The van der Waals surface area contributed by atoms with Crippen LogP contribution in [-0.4, -0.2) is 50.7 Å². The Morgan fingerprint density at radius 2 is 2.00 bits per heavy atom. The fraction of sp³-hybridized carbons (Fsp3) is 0.727. The van der Waals surface area contributed by atoms with E-state index in [2.05, 4.69) is 5.32 Å². The Morgan fingerprint density at radius 1 is 1.29 bits per heavy atom.